The molecular formula is C12H11BrN4O. The number of nitrogen functional groups attached to an aromatic ring is 1. The fourth-order valence-corrected chi connectivity index (χ4v) is 1.74. The first-order valence-electron chi connectivity index (χ1n) is 5.25. The maximum atomic E-state index is 11.9. The first-order chi connectivity index (χ1) is 8.66. The highest BCUT2D eigenvalue weighted by Gasteiger charge is 2.10. The van der Waals surface area contributed by atoms with Gasteiger partial charge in [0.2, 0.25) is 0 Å². The van der Waals surface area contributed by atoms with Crippen LogP contribution in [0.1, 0.15) is 15.9 Å². The molecule has 0 bridgehead atoms. The molecule has 2 aromatic rings. The van der Waals surface area contributed by atoms with Gasteiger partial charge in [-0.25, -0.2) is 4.98 Å². The van der Waals surface area contributed by atoms with Crippen molar-refractivity contribution >= 4 is 27.7 Å². The number of pyridine rings is 2. The quantitative estimate of drug-likeness (QED) is 0.905. The summed E-state index contributed by atoms with van der Waals surface area (Å²) in [5.41, 5.74) is 6.93. The predicted molar refractivity (Wildman–Crippen MR) is 71.8 cm³/mol. The Morgan fingerprint density at radius 2 is 2.28 bits per heavy atom. The lowest BCUT2D eigenvalue weighted by Gasteiger charge is -2.07. The summed E-state index contributed by atoms with van der Waals surface area (Å²) in [6.45, 7) is 0.401. The zero-order valence-corrected chi connectivity index (χ0v) is 11.0. The van der Waals surface area contributed by atoms with Gasteiger partial charge in [0.25, 0.3) is 5.91 Å². The molecule has 0 atom stereocenters. The van der Waals surface area contributed by atoms with Crippen molar-refractivity contribution in [2.75, 3.05) is 5.73 Å². The Labute approximate surface area is 113 Å². The van der Waals surface area contributed by atoms with Crippen molar-refractivity contribution in [1.29, 1.82) is 0 Å². The molecule has 0 aliphatic heterocycles. The second-order valence-electron chi connectivity index (χ2n) is 3.63. The van der Waals surface area contributed by atoms with E-state index in [1.165, 1.54) is 0 Å². The lowest BCUT2D eigenvalue weighted by atomic mass is 10.2. The molecule has 2 heterocycles. The minimum atomic E-state index is -0.259. The van der Waals surface area contributed by atoms with Gasteiger partial charge in [-0.05, 0) is 33.6 Å². The Morgan fingerprint density at radius 1 is 1.44 bits per heavy atom. The number of nitrogens with zero attached hydrogens (tertiary/aromatic N) is 2. The smallest absolute Gasteiger partial charge is 0.255 e. The molecule has 0 radical (unpaired) electrons. The summed E-state index contributed by atoms with van der Waals surface area (Å²) in [5, 5.41) is 2.76. The molecule has 5 nitrogen and oxygen atoms in total. The SMILES string of the molecule is Nc1ncc(Br)cc1C(=O)NCc1cccnc1. The third kappa shape index (κ3) is 3.04. The summed E-state index contributed by atoms with van der Waals surface area (Å²) in [7, 11) is 0. The summed E-state index contributed by atoms with van der Waals surface area (Å²) in [4.78, 5) is 19.8. The number of amides is 1. The molecule has 0 aliphatic carbocycles. The standard InChI is InChI=1S/C12H11BrN4O/c13-9-4-10(11(14)16-7-9)12(18)17-6-8-2-1-3-15-5-8/h1-5,7H,6H2,(H2,14,16)(H,17,18). The molecule has 18 heavy (non-hydrogen) atoms. The van der Waals surface area contributed by atoms with Gasteiger partial charge in [-0.3, -0.25) is 9.78 Å². The molecule has 0 fully saturated rings. The summed E-state index contributed by atoms with van der Waals surface area (Å²) >= 11 is 3.25. The van der Waals surface area contributed by atoms with Gasteiger partial charge in [0.1, 0.15) is 5.82 Å². The number of nitrogens with two attached hydrogens (primary N) is 1. The molecule has 0 spiro atoms. The fourth-order valence-electron chi connectivity index (χ4n) is 1.41. The van der Waals surface area contributed by atoms with Gasteiger partial charge in [0.15, 0.2) is 0 Å². The van der Waals surface area contributed by atoms with E-state index in [0.717, 1.165) is 5.56 Å². The van der Waals surface area contributed by atoms with E-state index in [0.29, 0.717) is 16.6 Å². The van der Waals surface area contributed by atoms with Gasteiger partial charge in [-0.1, -0.05) is 6.07 Å². The zero-order valence-electron chi connectivity index (χ0n) is 9.43. The van der Waals surface area contributed by atoms with E-state index < -0.39 is 0 Å². The Hall–Kier alpha value is -1.95. The first kappa shape index (κ1) is 12.5. The van der Waals surface area contributed by atoms with E-state index >= 15 is 0 Å². The van der Waals surface area contributed by atoms with Crippen LogP contribution in [0.4, 0.5) is 5.82 Å². The minimum Gasteiger partial charge on any atom is -0.383 e. The first-order valence-corrected chi connectivity index (χ1v) is 6.04. The van der Waals surface area contributed by atoms with Crippen LogP contribution < -0.4 is 11.1 Å². The molecule has 3 N–H and O–H groups in total. The normalized spacial score (nSPS) is 10.1. The lowest BCUT2D eigenvalue weighted by Crippen LogP contribution is -2.24. The predicted octanol–water partition coefficient (Wildman–Crippen LogP) is 1.75. The van der Waals surface area contributed by atoms with Gasteiger partial charge < -0.3 is 11.1 Å². The molecule has 0 saturated heterocycles. The minimum absolute atomic E-state index is 0.210. The second-order valence-corrected chi connectivity index (χ2v) is 4.55. The molecular weight excluding hydrogens is 296 g/mol. The Bertz CT molecular complexity index is 559. The fraction of sp³-hybridized carbons (Fsp3) is 0.0833. The number of rotatable bonds is 3. The molecule has 0 aliphatic rings. The average molecular weight is 307 g/mol. The summed E-state index contributed by atoms with van der Waals surface area (Å²) in [6, 6.07) is 5.34. The summed E-state index contributed by atoms with van der Waals surface area (Å²) in [6.07, 6.45) is 4.93. The van der Waals surface area contributed by atoms with E-state index in [1.54, 1.807) is 24.7 Å². The van der Waals surface area contributed by atoms with Crippen molar-refractivity contribution in [1.82, 2.24) is 15.3 Å². The van der Waals surface area contributed by atoms with E-state index in [2.05, 4.69) is 31.2 Å². The summed E-state index contributed by atoms with van der Waals surface area (Å²) in [5.74, 6) is -0.0490. The highest BCUT2D eigenvalue weighted by atomic mass is 79.9. The highest BCUT2D eigenvalue weighted by molar-refractivity contribution is 9.10. The van der Waals surface area contributed by atoms with Crippen molar-refractivity contribution in [3.8, 4) is 0 Å². The van der Waals surface area contributed by atoms with Crippen molar-refractivity contribution in [2.45, 2.75) is 6.54 Å². The maximum absolute atomic E-state index is 11.9. The van der Waals surface area contributed by atoms with Gasteiger partial charge >= 0.3 is 0 Å². The number of carbonyl (C=O) groups is 1. The van der Waals surface area contributed by atoms with Crippen LogP contribution in [0, 0.1) is 0 Å². The Balaban J connectivity index is 2.06. The number of anilines is 1. The van der Waals surface area contributed by atoms with Crippen LogP contribution in [0.25, 0.3) is 0 Å². The van der Waals surface area contributed by atoms with E-state index in [4.69, 9.17) is 5.73 Å². The van der Waals surface area contributed by atoms with E-state index in [-0.39, 0.29) is 11.7 Å². The third-order valence-corrected chi connectivity index (χ3v) is 2.74. The lowest BCUT2D eigenvalue weighted by molar-refractivity contribution is 0.0951. The van der Waals surface area contributed by atoms with E-state index in [9.17, 15) is 4.79 Å². The molecule has 2 rings (SSSR count). The number of hydrogen-bond donors (Lipinski definition) is 2. The molecule has 1 amide bonds. The van der Waals surface area contributed by atoms with E-state index in [1.807, 2.05) is 12.1 Å². The second kappa shape index (κ2) is 5.59. The van der Waals surface area contributed by atoms with Crippen molar-refractivity contribution in [3.63, 3.8) is 0 Å². The van der Waals surface area contributed by atoms with Crippen LogP contribution >= 0.6 is 15.9 Å². The van der Waals surface area contributed by atoms with Crippen molar-refractivity contribution in [3.05, 3.63) is 52.4 Å². The van der Waals surface area contributed by atoms with Crippen LogP contribution in [-0.4, -0.2) is 15.9 Å². The van der Waals surface area contributed by atoms with Crippen LogP contribution in [0.2, 0.25) is 0 Å². The average Bonchev–Trinajstić information content (AvgIpc) is 2.40. The van der Waals surface area contributed by atoms with Crippen molar-refractivity contribution < 1.29 is 4.79 Å². The van der Waals surface area contributed by atoms with Crippen LogP contribution in [0.3, 0.4) is 0 Å². The molecule has 0 unspecified atom stereocenters. The number of hydrogen-bond acceptors (Lipinski definition) is 4. The molecule has 0 saturated carbocycles. The van der Waals surface area contributed by atoms with Crippen LogP contribution in [0.5, 0.6) is 0 Å². The molecule has 0 aromatic carbocycles. The Kier molecular flexibility index (Phi) is 3.88. The number of halogens is 1. The van der Waals surface area contributed by atoms with Crippen LogP contribution in [-0.2, 0) is 6.54 Å². The van der Waals surface area contributed by atoms with Gasteiger partial charge in [0.05, 0.1) is 5.56 Å². The number of carbonyl (C=O) groups excluding carboxylic acids is 1. The molecule has 2 aromatic heterocycles. The summed E-state index contributed by atoms with van der Waals surface area (Å²) < 4.78 is 0.711. The Morgan fingerprint density at radius 3 is 3.00 bits per heavy atom. The highest BCUT2D eigenvalue weighted by Crippen LogP contribution is 2.15. The molecule has 92 valence electrons. The van der Waals surface area contributed by atoms with Gasteiger partial charge in [0, 0.05) is 29.6 Å². The maximum Gasteiger partial charge on any atom is 0.255 e. The van der Waals surface area contributed by atoms with Gasteiger partial charge in [-0.15, -0.1) is 0 Å². The van der Waals surface area contributed by atoms with Crippen molar-refractivity contribution in [2.24, 2.45) is 0 Å². The monoisotopic (exact) mass is 306 g/mol. The topological polar surface area (TPSA) is 80.9 Å². The zero-order chi connectivity index (χ0) is 13.0. The van der Waals surface area contributed by atoms with Crippen LogP contribution in [0.15, 0.2) is 41.3 Å². The number of nitrogens with one attached hydrogen (secondary N) is 1. The molecule has 6 heteroatoms. The third-order valence-electron chi connectivity index (χ3n) is 2.31. The number of aromatic nitrogens is 2. The van der Waals surface area contributed by atoms with Gasteiger partial charge in [-0.2, -0.15) is 0 Å². The largest absolute Gasteiger partial charge is 0.383 e.